The molecule has 33 heavy (non-hydrogen) atoms. The molecule has 9 heteroatoms. The van der Waals surface area contributed by atoms with Gasteiger partial charge in [-0.1, -0.05) is 6.07 Å². The Hall–Kier alpha value is -3.75. The number of fused-ring (bicyclic) bond motifs is 1. The van der Waals surface area contributed by atoms with E-state index in [1.165, 1.54) is 6.07 Å². The topological polar surface area (TPSA) is 91.2 Å². The number of pyridine rings is 1. The molecule has 1 aromatic carbocycles. The van der Waals surface area contributed by atoms with Gasteiger partial charge in [0.05, 0.1) is 24.1 Å². The minimum atomic E-state index is -0.409. The first kappa shape index (κ1) is 22.4. The van der Waals surface area contributed by atoms with Crippen molar-refractivity contribution in [2.45, 2.75) is 19.8 Å². The zero-order valence-electron chi connectivity index (χ0n) is 18.6. The van der Waals surface area contributed by atoms with Gasteiger partial charge in [0, 0.05) is 37.0 Å². The Balaban J connectivity index is 1.50. The summed E-state index contributed by atoms with van der Waals surface area (Å²) >= 11 is 0. The Bertz CT molecular complexity index is 1110. The highest BCUT2D eigenvalue weighted by Gasteiger charge is 2.24. The highest BCUT2D eigenvalue weighted by Crippen LogP contribution is 2.35. The molecule has 2 N–H and O–H groups in total. The molecule has 0 radical (unpaired) electrons. The molecule has 2 aliphatic rings. The Labute approximate surface area is 192 Å². The summed E-state index contributed by atoms with van der Waals surface area (Å²) in [5.74, 6) is 0.230. The normalized spacial score (nSPS) is 17.8. The number of aliphatic imine (C=N–C) groups is 2. The van der Waals surface area contributed by atoms with Gasteiger partial charge in [0.25, 0.3) is 0 Å². The van der Waals surface area contributed by atoms with Crippen LogP contribution in [0.15, 0.2) is 46.2 Å². The summed E-state index contributed by atoms with van der Waals surface area (Å²) in [6.45, 7) is 8.69. The summed E-state index contributed by atoms with van der Waals surface area (Å²) in [5, 5.41) is 6.51. The molecule has 8 nitrogen and oxygen atoms in total. The lowest BCUT2D eigenvalue weighted by atomic mass is 10.0. The van der Waals surface area contributed by atoms with E-state index in [0.29, 0.717) is 36.6 Å². The van der Waals surface area contributed by atoms with Crippen LogP contribution in [0.4, 0.5) is 21.5 Å². The van der Waals surface area contributed by atoms with Crippen molar-refractivity contribution in [3.8, 4) is 5.88 Å². The summed E-state index contributed by atoms with van der Waals surface area (Å²) in [7, 11) is 0. The largest absolute Gasteiger partial charge is 0.474 e. The van der Waals surface area contributed by atoms with Gasteiger partial charge in [0.1, 0.15) is 31.1 Å². The number of carbonyl (C=O) groups is 1. The number of halogens is 1. The monoisotopic (exact) mass is 450 g/mol. The Morgan fingerprint density at radius 2 is 2.30 bits per heavy atom. The van der Waals surface area contributed by atoms with E-state index in [-0.39, 0.29) is 13.1 Å². The molecular formula is C24H27FN6O2. The molecule has 1 saturated heterocycles. The lowest BCUT2D eigenvalue weighted by molar-refractivity contribution is -0.107. The van der Waals surface area contributed by atoms with Gasteiger partial charge in [-0.05, 0) is 43.3 Å². The molecule has 0 unspecified atom stereocenters. The maximum atomic E-state index is 14.1. The number of hydrogen-bond donors (Lipinski definition) is 2. The van der Waals surface area contributed by atoms with Crippen molar-refractivity contribution >= 4 is 35.8 Å². The second kappa shape index (κ2) is 10.2. The van der Waals surface area contributed by atoms with E-state index in [0.717, 1.165) is 47.7 Å². The molecule has 1 aromatic heterocycles. The van der Waals surface area contributed by atoms with E-state index < -0.39 is 5.82 Å². The lowest BCUT2D eigenvalue weighted by Crippen LogP contribution is -2.38. The maximum absolute atomic E-state index is 14.1. The van der Waals surface area contributed by atoms with Crippen LogP contribution in [0.3, 0.4) is 0 Å². The lowest BCUT2D eigenvalue weighted by Gasteiger charge is -2.33. The summed E-state index contributed by atoms with van der Waals surface area (Å²) < 4.78 is 19.7. The number of rotatable bonds is 7. The Morgan fingerprint density at radius 1 is 1.42 bits per heavy atom. The van der Waals surface area contributed by atoms with E-state index in [9.17, 15) is 9.18 Å². The predicted molar refractivity (Wildman–Crippen MR) is 130 cm³/mol. The van der Waals surface area contributed by atoms with Gasteiger partial charge in [0.2, 0.25) is 5.88 Å². The zero-order valence-corrected chi connectivity index (χ0v) is 18.6. The summed E-state index contributed by atoms with van der Waals surface area (Å²) in [5.41, 5.74) is 5.96. The van der Waals surface area contributed by atoms with E-state index in [1.54, 1.807) is 18.3 Å². The number of carbonyl (C=O) groups excluding carboxylic acids is 1. The van der Waals surface area contributed by atoms with Crippen LogP contribution in [0.25, 0.3) is 0 Å². The zero-order chi connectivity index (χ0) is 23.2. The van der Waals surface area contributed by atoms with Crippen LogP contribution in [0, 0.1) is 12.7 Å². The SMILES string of the molecule is C=N/C=C1/CCN(c2cnc3c(c2C)NCCO3)C/C1=N/CNc1ccc(CC=O)c(F)c1. The van der Waals surface area contributed by atoms with Crippen molar-refractivity contribution < 1.29 is 13.9 Å². The second-order valence-electron chi connectivity index (χ2n) is 7.85. The number of aromatic nitrogens is 1. The number of ether oxygens (including phenoxy) is 1. The first-order chi connectivity index (χ1) is 16.1. The number of benzene rings is 1. The Kier molecular flexibility index (Phi) is 6.97. The number of hydrogen-bond acceptors (Lipinski definition) is 8. The average molecular weight is 451 g/mol. The van der Waals surface area contributed by atoms with Crippen molar-refractivity contribution in [2.75, 3.05) is 48.4 Å². The molecule has 0 spiro atoms. The van der Waals surface area contributed by atoms with Crippen LogP contribution in [0.1, 0.15) is 17.5 Å². The molecule has 0 bridgehead atoms. The third-order valence-corrected chi connectivity index (χ3v) is 5.78. The average Bonchev–Trinajstić information content (AvgIpc) is 2.82. The number of aldehydes is 1. The first-order valence-electron chi connectivity index (χ1n) is 10.9. The maximum Gasteiger partial charge on any atom is 0.237 e. The van der Waals surface area contributed by atoms with Crippen LogP contribution in [-0.4, -0.2) is 56.6 Å². The number of nitrogens with one attached hydrogen (secondary N) is 2. The number of nitrogens with zero attached hydrogens (tertiary/aromatic N) is 4. The van der Waals surface area contributed by atoms with Crippen LogP contribution in [0.5, 0.6) is 5.88 Å². The van der Waals surface area contributed by atoms with Crippen molar-refractivity contribution in [1.29, 1.82) is 0 Å². The fourth-order valence-electron chi connectivity index (χ4n) is 4.04. The van der Waals surface area contributed by atoms with Crippen molar-refractivity contribution in [1.82, 2.24) is 4.98 Å². The summed E-state index contributed by atoms with van der Waals surface area (Å²) in [6, 6.07) is 4.73. The van der Waals surface area contributed by atoms with Gasteiger partial charge in [-0.25, -0.2) is 9.37 Å². The van der Waals surface area contributed by atoms with E-state index in [1.807, 2.05) is 6.20 Å². The van der Waals surface area contributed by atoms with Crippen LogP contribution in [-0.2, 0) is 11.2 Å². The first-order valence-corrected chi connectivity index (χ1v) is 10.9. The molecule has 2 aliphatic heterocycles. The standard InChI is InChI=1S/C24H27FN6O2/c1-16-22(13-28-24-23(16)27-7-10-33-24)31-8-5-18(12-26-2)21(14-31)30-15-29-19-4-3-17(6-9-32)20(25)11-19/h3-4,9,11-13,27,29H,2,5-8,10,14-15H2,1H3/b18-12-,30-21-. The fraction of sp³-hybridized carbons (Fsp3) is 0.333. The third-order valence-electron chi connectivity index (χ3n) is 5.78. The van der Waals surface area contributed by atoms with Gasteiger partial charge in [0.15, 0.2) is 0 Å². The van der Waals surface area contributed by atoms with Gasteiger partial charge >= 0.3 is 0 Å². The number of anilines is 3. The number of piperidine rings is 1. The van der Waals surface area contributed by atoms with Crippen LogP contribution in [0.2, 0.25) is 0 Å². The molecule has 2 aromatic rings. The molecule has 4 rings (SSSR count). The van der Waals surface area contributed by atoms with Crippen molar-refractivity contribution in [3.05, 3.63) is 53.1 Å². The molecular weight excluding hydrogens is 423 g/mol. The molecule has 172 valence electrons. The van der Waals surface area contributed by atoms with Crippen molar-refractivity contribution in [2.24, 2.45) is 9.98 Å². The minimum absolute atomic E-state index is 0.0611. The molecule has 1 fully saturated rings. The highest BCUT2D eigenvalue weighted by molar-refractivity contribution is 6.04. The third kappa shape index (κ3) is 5.02. The van der Waals surface area contributed by atoms with Gasteiger partial charge in [-0.15, -0.1) is 0 Å². The molecule has 0 aliphatic carbocycles. The highest BCUT2D eigenvalue weighted by atomic mass is 19.1. The molecule has 3 heterocycles. The van der Waals surface area contributed by atoms with Crippen LogP contribution >= 0.6 is 0 Å². The predicted octanol–water partition coefficient (Wildman–Crippen LogP) is 3.38. The fourth-order valence-corrected chi connectivity index (χ4v) is 4.04. The molecule has 0 atom stereocenters. The molecule has 0 saturated carbocycles. The van der Waals surface area contributed by atoms with Gasteiger partial charge < -0.3 is 25.1 Å². The minimum Gasteiger partial charge on any atom is -0.474 e. The van der Waals surface area contributed by atoms with Gasteiger partial charge in [-0.3, -0.25) is 9.98 Å². The summed E-state index contributed by atoms with van der Waals surface area (Å²) in [4.78, 5) is 26.0. The van der Waals surface area contributed by atoms with Gasteiger partial charge in [-0.2, -0.15) is 0 Å². The quantitative estimate of drug-likeness (QED) is 0.496. The summed E-state index contributed by atoms with van der Waals surface area (Å²) in [6.07, 6.45) is 5.12. The molecule has 0 amide bonds. The van der Waals surface area contributed by atoms with E-state index >= 15 is 0 Å². The van der Waals surface area contributed by atoms with E-state index in [2.05, 4.69) is 39.2 Å². The van der Waals surface area contributed by atoms with E-state index in [4.69, 9.17) is 9.73 Å². The van der Waals surface area contributed by atoms with Crippen molar-refractivity contribution in [3.63, 3.8) is 0 Å². The smallest absolute Gasteiger partial charge is 0.237 e. The second-order valence-corrected chi connectivity index (χ2v) is 7.85. The Morgan fingerprint density at radius 3 is 3.09 bits per heavy atom. The van der Waals surface area contributed by atoms with Crippen LogP contribution < -0.4 is 20.3 Å².